The van der Waals surface area contributed by atoms with Gasteiger partial charge in [-0.05, 0) is 47.5 Å². The van der Waals surface area contributed by atoms with E-state index in [1.54, 1.807) is 10.8 Å². The summed E-state index contributed by atoms with van der Waals surface area (Å²) in [5.74, 6) is 0.658. The van der Waals surface area contributed by atoms with Crippen LogP contribution in [0.4, 0.5) is 0 Å². The highest BCUT2D eigenvalue weighted by Gasteiger charge is 2.20. The smallest absolute Gasteiger partial charge is 0.0473 e. The normalized spacial score (nSPS) is 15.8. The highest BCUT2D eigenvalue weighted by atomic mass is 28.2. The minimum Gasteiger partial charge on any atom is -0.0805 e. The average molecular weight is 285 g/mol. The van der Waals surface area contributed by atoms with E-state index in [2.05, 4.69) is 57.7 Å². The summed E-state index contributed by atoms with van der Waals surface area (Å²) >= 11 is 0. The molecule has 1 aliphatic rings. The molecule has 0 radical (unpaired) electrons. The molecule has 108 valence electrons. The summed E-state index contributed by atoms with van der Waals surface area (Å²) in [7, 11) is -0.0281. The molecule has 1 aliphatic carbocycles. The zero-order chi connectivity index (χ0) is 14.5. The maximum atomic E-state index is 2.46. The summed E-state index contributed by atoms with van der Waals surface area (Å²) in [6.07, 6.45) is 7.46. The Morgan fingerprint density at radius 1 is 1.15 bits per heavy atom. The van der Waals surface area contributed by atoms with E-state index in [-0.39, 0.29) is 9.52 Å². The summed E-state index contributed by atoms with van der Waals surface area (Å²) < 4.78 is 0. The number of hydrogen-bond acceptors (Lipinski definition) is 0. The van der Waals surface area contributed by atoms with Gasteiger partial charge in [0.15, 0.2) is 0 Å². The molecule has 0 aliphatic heterocycles. The van der Waals surface area contributed by atoms with E-state index >= 15 is 0 Å². The van der Waals surface area contributed by atoms with Crippen LogP contribution in [0.1, 0.15) is 51.2 Å². The van der Waals surface area contributed by atoms with Crippen molar-refractivity contribution in [2.75, 3.05) is 0 Å². The van der Waals surface area contributed by atoms with Gasteiger partial charge in [0.25, 0.3) is 0 Å². The van der Waals surface area contributed by atoms with Gasteiger partial charge in [-0.3, -0.25) is 0 Å². The van der Waals surface area contributed by atoms with Crippen LogP contribution >= 0.6 is 0 Å². The Balaban J connectivity index is 2.21. The molecule has 1 aromatic rings. The third-order valence-electron chi connectivity index (χ3n) is 4.31. The van der Waals surface area contributed by atoms with Crippen LogP contribution in [-0.4, -0.2) is 9.52 Å². The van der Waals surface area contributed by atoms with Gasteiger partial charge in [-0.1, -0.05) is 69.3 Å². The van der Waals surface area contributed by atoms with E-state index in [0.717, 1.165) is 0 Å². The first-order valence-electron chi connectivity index (χ1n) is 8.19. The van der Waals surface area contributed by atoms with Crippen LogP contribution in [0, 0.1) is 5.92 Å². The van der Waals surface area contributed by atoms with Gasteiger partial charge in [0.1, 0.15) is 0 Å². The Bertz CT molecular complexity index is 503. The third kappa shape index (κ3) is 3.32. The van der Waals surface area contributed by atoms with Crippen molar-refractivity contribution in [2.45, 2.75) is 53.0 Å². The number of rotatable bonds is 6. The quantitative estimate of drug-likeness (QED) is 0.649. The average Bonchev–Trinajstić information content (AvgIpc) is 2.89. The van der Waals surface area contributed by atoms with E-state index in [4.69, 9.17) is 0 Å². The van der Waals surface area contributed by atoms with Gasteiger partial charge >= 0.3 is 0 Å². The van der Waals surface area contributed by atoms with Crippen LogP contribution in [-0.2, 0) is 6.42 Å². The molecule has 0 unspecified atom stereocenters. The summed E-state index contributed by atoms with van der Waals surface area (Å²) in [6.45, 7) is 9.36. The van der Waals surface area contributed by atoms with Crippen molar-refractivity contribution in [1.29, 1.82) is 0 Å². The van der Waals surface area contributed by atoms with Crippen molar-refractivity contribution in [2.24, 2.45) is 5.92 Å². The van der Waals surface area contributed by atoms with E-state index in [1.165, 1.54) is 42.4 Å². The lowest BCUT2D eigenvalue weighted by Gasteiger charge is -2.16. The molecule has 0 heterocycles. The van der Waals surface area contributed by atoms with Crippen molar-refractivity contribution in [3.63, 3.8) is 0 Å². The highest BCUT2D eigenvalue weighted by molar-refractivity contribution is 6.44. The molecule has 1 aromatic carbocycles. The Hall–Kier alpha value is -1.08. The first-order valence-corrected chi connectivity index (χ1v) is 10.3. The van der Waals surface area contributed by atoms with E-state index in [9.17, 15) is 0 Å². The van der Waals surface area contributed by atoms with Crippen LogP contribution in [0.2, 0.25) is 6.55 Å². The van der Waals surface area contributed by atoms with Crippen LogP contribution in [0.3, 0.4) is 0 Å². The van der Waals surface area contributed by atoms with Crippen LogP contribution in [0.25, 0.3) is 5.57 Å². The molecule has 0 saturated carbocycles. The largest absolute Gasteiger partial charge is 0.0805 e. The lowest BCUT2D eigenvalue weighted by atomic mass is 9.92. The molecule has 0 nitrogen and oxygen atoms in total. The second-order valence-electron chi connectivity index (χ2n) is 6.15. The van der Waals surface area contributed by atoms with E-state index < -0.39 is 0 Å². The van der Waals surface area contributed by atoms with Gasteiger partial charge in [0, 0.05) is 9.52 Å². The predicted octanol–water partition coefficient (Wildman–Crippen LogP) is 4.94. The minimum absolute atomic E-state index is 0.0281. The first-order chi connectivity index (χ1) is 9.67. The maximum Gasteiger partial charge on any atom is 0.0473 e. The highest BCUT2D eigenvalue weighted by Crippen LogP contribution is 2.37. The number of allylic oxidation sites excluding steroid dienone is 4. The topological polar surface area (TPSA) is 0 Å². The monoisotopic (exact) mass is 284 g/mol. The third-order valence-corrected chi connectivity index (χ3v) is 5.83. The van der Waals surface area contributed by atoms with Crippen LogP contribution in [0.5, 0.6) is 0 Å². The molecule has 20 heavy (non-hydrogen) atoms. The summed E-state index contributed by atoms with van der Waals surface area (Å²) in [5, 5.41) is 1.77. The molecular weight excluding hydrogens is 256 g/mol. The van der Waals surface area contributed by atoms with Crippen molar-refractivity contribution in [3.05, 3.63) is 52.2 Å². The van der Waals surface area contributed by atoms with Gasteiger partial charge < -0.3 is 0 Å². The summed E-state index contributed by atoms with van der Waals surface area (Å²) in [5.41, 5.74) is 6.08. The zero-order valence-electron chi connectivity index (χ0n) is 13.5. The number of aryl methyl sites for hydroxylation is 1. The molecule has 1 heteroatoms. The Morgan fingerprint density at radius 3 is 2.40 bits per heavy atom. The molecule has 0 N–H and O–H groups in total. The molecule has 0 spiro atoms. The molecule has 0 saturated heterocycles. The Labute approximate surface area is 126 Å². The predicted molar refractivity (Wildman–Crippen MR) is 93.9 cm³/mol. The van der Waals surface area contributed by atoms with Crippen LogP contribution in [0.15, 0.2) is 41.1 Å². The minimum atomic E-state index is -0.0281. The van der Waals surface area contributed by atoms with Gasteiger partial charge in [-0.25, -0.2) is 0 Å². The lowest BCUT2D eigenvalue weighted by molar-refractivity contribution is 0.792. The molecule has 0 aromatic heterocycles. The number of benzene rings is 1. The van der Waals surface area contributed by atoms with Gasteiger partial charge in [0.2, 0.25) is 0 Å². The van der Waals surface area contributed by atoms with Crippen LogP contribution < -0.4 is 0 Å². The SMILES string of the molecule is CCCCc1ccc(C2=CCC([SiH2]C)=C2C(C)C)cc1. The van der Waals surface area contributed by atoms with Crippen molar-refractivity contribution >= 4 is 15.1 Å². The fourth-order valence-corrected chi connectivity index (χ4v) is 4.61. The zero-order valence-corrected chi connectivity index (χ0v) is 14.9. The molecule has 0 fully saturated rings. The summed E-state index contributed by atoms with van der Waals surface area (Å²) in [6, 6.07) is 9.31. The Morgan fingerprint density at radius 2 is 1.85 bits per heavy atom. The molecule has 0 amide bonds. The number of hydrogen-bond donors (Lipinski definition) is 0. The first kappa shape index (κ1) is 15.3. The summed E-state index contributed by atoms with van der Waals surface area (Å²) in [4.78, 5) is 0. The van der Waals surface area contributed by atoms with Gasteiger partial charge in [-0.2, -0.15) is 0 Å². The van der Waals surface area contributed by atoms with E-state index in [0.29, 0.717) is 5.92 Å². The fourth-order valence-electron chi connectivity index (χ4n) is 3.19. The van der Waals surface area contributed by atoms with Gasteiger partial charge in [0.05, 0.1) is 0 Å². The van der Waals surface area contributed by atoms with E-state index in [1.807, 2.05) is 0 Å². The van der Waals surface area contributed by atoms with Crippen molar-refractivity contribution < 1.29 is 0 Å². The molecular formula is C19H28Si. The number of unbranched alkanes of at least 4 members (excludes halogenated alkanes) is 1. The Kier molecular flexibility index (Phi) is 5.42. The fraction of sp³-hybridized carbons (Fsp3) is 0.474. The molecule has 0 atom stereocenters. The second kappa shape index (κ2) is 7.08. The second-order valence-corrected chi connectivity index (χ2v) is 7.71. The maximum absolute atomic E-state index is 2.46. The van der Waals surface area contributed by atoms with Crippen molar-refractivity contribution in [3.8, 4) is 0 Å². The lowest BCUT2D eigenvalue weighted by Crippen LogP contribution is -2.01. The van der Waals surface area contributed by atoms with Crippen molar-refractivity contribution in [1.82, 2.24) is 0 Å². The molecule has 2 rings (SSSR count). The standard InChI is InChI=1S/C19H28Si/c1-5-6-7-15-8-10-16(11-9-15)17-12-13-18(20-4)19(17)14(2)3/h8-12,14H,5-7,13,20H2,1-4H3. The molecule has 0 bridgehead atoms. The van der Waals surface area contributed by atoms with Gasteiger partial charge in [-0.15, -0.1) is 0 Å².